The predicted octanol–water partition coefficient (Wildman–Crippen LogP) is 9.18. The van der Waals surface area contributed by atoms with Crippen LogP contribution in [0.2, 0.25) is 0 Å². The van der Waals surface area contributed by atoms with Crippen LogP contribution in [0.5, 0.6) is 5.75 Å². The second-order valence-corrected chi connectivity index (χ2v) is 11.2. The molecule has 0 spiro atoms. The Morgan fingerprint density at radius 1 is 0.755 bits per heavy atom. The lowest BCUT2D eigenvalue weighted by Gasteiger charge is -2.14. The molecule has 5 rings (SSSR count). The van der Waals surface area contributed by atoms with E-state index in [-0.39, 0.29) is 43.8 Å². The molecule has 7 nitrogen and oxygen atoms in total. The lowest BCUT2D eigenvalue weighted by molar-refractivity contribution is -0.140. The highest BCUT2D eigenvalue weighted by Gasteiger charge is 2.35. The van der Waals surface area contributed by atoms with Crippen LogP contribution in [0, 0.1) is 11.6 Å². The van der Waals surface area contributed by atoms with Gasteiger partial charge in [0.25, 0.3) is 11.8 Å². The number of alkyl halides is 6. The maximum atomic E-state index is 15.3. The molecule has 49 heavy (non-hydrogen) atoms. The summed E-state index contributed by atoms with van der Waals surface area (Å²) in [6.45, 7) is 0. The number of rotatable bonds is 7. The van der Waals surface area contributed by atoms with E-state index in [0.717, 1.165) is 25.3 Å². The van der Waals surface area contributed by atoms with E-state index >= 15 is 4.39 Å². The molecule has 0 fully saturated rings. The molecule has 1 aromatic heterocycles. The minimum absolute atomic E-state index is 0.0291. The van der Waals surface area contributed by atoms with E-state index in [1.807, 2.05) is 0 Å². The molecule has 5 aromatic rings. The van der Waals surface area contributed by atoms with Gasteiger partial charge in [-0.25, -0.2) is 13.6 Å². The van der Waals surface area contributed by atoms with Crippen molar-refractivity contribution >= 4 is 50.6 Å². The van der Waals surface area contributed by atoms with Gasteiger partial charge in [-0.1, -0.05) is 24.3 Å². The number of hydrogen-bond donors (Lipinski definition) is 2. The van der Waals surface area contributed by atoms with E-state index < -0.39 is 63.5 Å². The van der Waals surface area contributed by atoms with E-state index in [1.165, 1.54) is 43.5 Å². The van der Waals surface area contributed by atoms with Gasteiger partial charge in [0.15, 0.2) is 0 Å². The predicted molar refractivity (Wildman–Crippen MR) is 164 cm³/mol. The summed E-state index contributed by atoms with van der Waals surface area (Å²) in [7, 11) is 2.29. The maximum absolute atomic E-state index is 15.3. The number of esters is 1. The van der Waals surface area contributed by atoms with Crippen molar-refractivity contribution in [2.24, 2.45) is 0 Å². The zero-order valence-corrected chi connectivity index (χ0v) is 25.7. The fourth-order valence-corrected chi connectivity index (χ4v) is 5.91. The Bertz CT molecular complexity index is 2130. The third kappa shape index (κ3) is 7.04. The summed E-state index contributed by atoms with van der Waals surface area (Å²) in [6, 6.07) is 11.9. The highest BCUT2D eigenvalue weighted by Crippen LogP contribution is 2.41. The summed E-state index contributed by atoms with van der Waals surface area (Å²) in [4.78, 5) is 38.8. The summed E-state index contributed by atoms with van der Waals surface area (Å²) < 4.78 is 119. The van der Waals surface area contributed by atoms with Gasteiger partial charge in [0.1, 0.15) is 22.3 Å². The molecular formula is C33H20F8N2O5S. The van der Waals surface area contributed by atoms with Crippen LogP contribution in [-0.4, -0.2) is 32.0 Å². The van der Waals surface area contributed by atoms with Gasteiger partial charge in [-0.15, -0.1) is 11.3 Å². The normalized spacial score (nSPS) is 11.7. The van der Waals surface area contributed by atoms with Gasteiger partial charge in [-0.2, -0.15) is 26.3 Å². The Hall–Kier alpha value is -5.51. The van der Waals surface area contributed by atoms with Crippen LogP contribution in [0.4, 0.5) is 46.5 Å². The van der Waals surface area contributed by atoms with E-state index in [0.29, 0.717) is 29.5 Å². The monoisotopic (exact) mass is 708 g/mol. The molecule has 16 heteroatoms. The number of ether oxygens (including phenoxy) is 2. The molecule has 0 saturated heterocycles. The van der Waals surface area contributed by atoms with Crippen LogP contribution in [0.3, 0.4) is 0 Å². The quantitative estimate of drug-likeness (QED) is 0.130. The highest BCUT2D eigenvalue weighted by molar-refractivity contribution is 7.21. The molecule has 2 N–H and O–H groups in total. The van der Waals surface area contributed by atoms with Crippen LogP contribution in [0.25, 0.3) is 21.2 Å². The second kappa shape index (κ2) is 13.2. The van der Waals surface area contributed by atoms with Gasteiger partial charge < -0.3 is 20.1 Å². The first-order valence-corrected chi connectivity index (χ1v) is 14.5. The Kier molecular flexibility index (Phi) is 9.37. The van der Waals surface area contributed by atoms with Crippen LogP contribution in [0.15, 0.2) is 72.8 Å². The molecule has 4 aromatic carbocycles. The highest BCUT2D eigenvalue weighted by atomic mass is 32.1. The average molecular weight is 709 g/mol. The molecule has 254 valence electrons. The third-order valence-corrected chi connectivity index (χ3v) is 8.30. The van der Waals surface area contributed by atoms with Gasteiger partial charge in [-0.3, -0.25) is 9.59 Å². The molecule has 0 bridgehead atoms. The van der Waals surface area contributed by atoms with Crippen LogP contribution >= 0.6 is 11.3 Å². The largest absolute Gasteiger partial charge is 0.496 e. The van der Waals surface area contributed by atoms with Crippen molar-refractivity contribution in [3.8, 4) is 16.9 Å². The summed E-state index contributed by atoms with van der Waals surface area (Å²) in [6.07, 6.45) is -9.88. The minimum Gasteiger partial charge on any atom is -0.496 e. The minimum atomic E-state index is -5.10. The number of anilines is 2. The molecule has 0 radical (unpaired) electrons. The van der Waals surface area contributed by atoms with Gasteiger partial charge in [0, 0.05) is 21.3 Å². The Morgan fingerprint density at radius 3 is 2.14 bits per heavy atom. The van der Waals surface area contributed by atoms with Crippen molar-refractivity contribution in [2.75, 3.05) is 24.9 Å². The smallest absolute Gasteiger partial charge is 0.419 e. The number of nitrogens with one attached hydrogen (secondary N) is 2. The first-order chi connectivity index (χ1) is 23.0. The van der Waals surface area contributed by atoms with Crippen molar-refractivity contribution in [1.29, 1.82) is 0 Å². The van der Waals surface area contributed by atoms with Crippen LogP contribution in [0.1, 0.15) is 41.5 Å². The molecule has 0 atom stereocenters. The summed E-state index contributed by atoms with van der Waals surface area (Å²) in [5.41, 5.74) is -4.16. The fraction of sp³-hybridized carbons (Fsp3) is 0.121. The summed E-state index contributed by atoms with van der Waals surface area (Å²) in [5.74, 6) is -5.66. The third-order valence-electron chi connectivity index (χ3n) is 7.15. The number of fused-ring (bicyclic) bond motifs is 1. The van der Waals surface area contributed by atoms with E-state index in [9.17, 15) is 45.1 Å². The van der Waals surface area contributed by atoms with Crippen molar-refractivity contribution in [1.82, 2.24) is 0 Å². The van der Waals surface area contributed by atoms with E-state index in [1.54, 1.807) is 0 Å². The number of carbonyl (C=O) groups is 3. The zero-order valence-electron chi connectivity index (χ0n) is 24.9. The molecule has 0 unspecified atom stereocenters. The van der Waals surface area contributed by atoms with Crippen LogP contribution < -0.4 is 15.4 Å². The number of hydrogen-bond acceptors (Lipinski definition) is 6. The first-order valence-electron chi connectivity index (χ1n) is 13.7. The van der Waals surface area contributed by atoms with Gasteiger partial charge >= 0.3 is 18.3 Å². The summed E-state index contributed by atoms with van der Waals surface area (Å²) >= 11 is 0.502. The maximum Gasteiger partial charge on any atom is 0.419 e. The standard InChI is InChI=1S/C33H20F8N2O5S/c1-47-24-11-6-15(18-4-3-5-20(26(18)35)31(46)48-2)12-21(24)29(44)43-27-19-9-7-16(32(36,37)38)13-25(19)49-28(27)30(45)42-17-8-10-23(34)22(14-17)33(39,40)41/h3-14H,1-2H3,(H,42,45)(H,43,44). The number of halogens is 8. The Morgan fingerprint density at radius 2 is 1.49 bits per heavy atom. The number of amides is 2. The molecule has 1 heterocycles. The lowest BCUT2D eigenvalue weighted by atomic mass is 9.99. The zero-order chi connectivity index (χ0) is 35.8. The Labute approximate surface area is 275 Å². The van der Waals surface area contributed by atoms with Crippen molar-refractivity contribution in [3.05, 3.63) is 112 Å². The average Bonchev–Trinajstić information content (AvgIpc) is 3.41. The lowest BCUT2D eigenvalue weighted by Crippen LogP contribution is -2.18. The molecular weight excluding hydrogens is 688 g/mol. The summed E-state index contributed by atoms with van der Waals surface area (Å²) in [5, 5.41) is 4.60. The Balaban J connectivity index is 1.58. The van der Waals surface area contributed by atoms with Crippen molar-refractivity contribution in [3.63, 3.8) is 0 Å². The molecule has 0 aliphatic carbocycles. The molecule has 2 amide bonds. The number of carbonyl (C=O) groups excluding carboxylic acids is 3. The van der Waals surface area contributed by atoms with Gasteiger partial charge in [-0.05, 0) is 54.1 Å². The van der Waals surface area contributed by atoms with Gasteiger partial charge in [0.2, 0.25) is 0 Å². The second-order valence-electron chi connectivity index (χ2n) is 10.2. The molecule has 0 aliphatic heterocycles. The number of thiophene rings is 1. The van der Waals surface area contributed by atoms with Gasteiger partial charge in [0.05, 0.1) is 42.2 Å². The number of benzene rings is 4. The van der Waals surface area contributed by atoms with E-state index in [4.69, 9.17) is 4.74 Å². The van der Waals surface area contributed by atoms with Crippen molar-refractivity contribution in [2.45, 2.75) is 12.4 Å². The fourth-order valence-electron chi connectivity index (χ4n) is 4.82. The molecule has 0 aliphatic rings. The molecule has 0 saturated carbocycles. The number of methoxy groups -OCH3 is 2. The SMILES string of the molecule is COC(=O)c1cccc(-c2ccc(OC)c(C(=O)Nc3c(C(=O)Nc4ccc(F)c(C(F)(F)F)c4)sc4cc(C(F)(F)F)ccc34)c2)c1F. The van der Waals surface area contributed by atoms with Crippen LogP contribution in [-0.2, 0) is 17.1 Å². The topological polar surface area (TPSA) is 93.7 Å². The van der Waals surface area contributed by atoms with Crippen molar-refractivity contribution < 1.29 is 59.0 Å². The first kappa shape index (κ1) is 34.8. The van der Waals surface area contributed by atoms with E-state index in [2.05, 4.69) is 15.4 Å².